The van der Waals surface area contributed by atoms with E-state index in [9.17, 15) is 13.2 Å². The van der Waals surface area contributed by atoms with E-state index in [0.717, 1.165) is 11.1 Å². The van der Waals surface area contributed by atoms with Crippen molar-refractivity contribution in [3.63, 3.8) is 0 Å². The summed E-state index contributed by atoms with van der Waals surface area (Å²) in [6, 6.07) is 23.1. The molecule has 0 aromatic heterocycles. The van der Waals surface area contributed by atoms with Gasteiger partial charge in [0.1, 0.15) is 0 Å². The molecule has 1 N–H and O–H groups in total. The summed E-state index contributed by atoms with van der Waals surface area (Å²) in [7, 11) is -3.78. The number of sulfonamides is 1. The molecule has 3 aromatic carbocycles. The van der Waals surface area contributed by atoms with E-state index in [1.54, 1.807) is 18.2 Å². The normalized spacial score (nSPS) is 16.7. The van der Waals surface area contributed by atoms with Crippen LogP contribution in [0.2, 0.25) is 0 Å². The molecular weight excluding hydrogens is 396 g/mol. The summed E-state index contributed by atoms with van der Waals surface area (Å²) in [5.74, 6) is -0.307. The van der Waals surface area contributed by atoms with E-state index in [1.807, 2.05) is 68.4 Å². The minimum absolute atomic E-state index is 0.117. The maximum absolute atomic E-state index is 13.4. The molecule has 0 aliphatic carbocycles. The summed E-state index contributed by atoms with van der Waals surface area (Å²) < 4.78 is 28.3. The zero-order chi connectivity index (χ0) is 21.3. The molecule has 1 amide bonds. The van der Waals surface area contributed by atoms with Crippen molar-refractivity contribution >= 4 is 21.6 Å². The first-order chi connectivity index (χ1) is 14.4. The van der Waals surface area contributed by atoms with Gasteiger partial charge < -0.3 is 5.32 Å². The van der Waals surface area contributed by atoms with Crippen molar-refractivity contribution in [1.29, 1.82) is 0 Å². The largest absolute Gasteiger partial charge is 0.346 e. The summed E-state index contributed by atoms with van der Waals surface area (Å²) >= 11 is 0. The average molecular weight is 421 g/mol. The predicted molar refractivity (Wildman–Crippen MR) is 118 cm³/mol. The van der Waals surface area contributed by atoms with Crippen molar-refractivity contribution in [2.24, 2.45) is 0 Å². The zero-order valence-corrected chi connectivity index (χ0v) is 17.8. The van der Waals surface area contributed by atoms with E-state index in [0.29, 0.717) is 17.7 Å². The molecule has 1 aliphatic rings. The number of amides is 1. The van der Waals surface area contributed by atoms with Crippen molar-refractivity contribution in [2.75, 3.05) is 4.31 Å². The van der Waals surface area contributed by atoms with Crippen LogP contribution in [0.15, 0.2) is 83.8 Å². The maximum atomic E-state index is 13.4. The van der Waals surface area contributed by atoms with E-state index < -0.39 is 10.0 Å². The summed E-state index contributed by atoms with van der Waals surface area (Å²) in [5, 5.41) is 2.94. The Morgan fingerprint density at radius 1 is 1.00 bits per heavy atom. The Bertz CT molecular complexity index is 1180. The van der Waals surface area contributed by atoms with E-state index in [2.05, 4.69) is 5.32 Å². The number of rotatable bonds is 5. The summed E-state index contributed by atoms with van der Waals surface area (Å²) in [4.78, 5) is 12.9. The Hall–Kier alpha value is -3.12. The molecule has 0 fully saturated rings. The van der Waals surface area contributed by atoms with Gasteiger partial charge in [-0.3, -0.25) is 9.10 Å². The van der Waals surface area contributed by atoms with Gasteiger partial charge in [0.25, 0.3) is 15.9 Å². The van der Waals surface area contributed by atoms with Crippen LogP contribution in [0.4, 0.5) is 5.69 Å². The molecule has 30 heavy (non-hydrogen) atoms. The molecule has 1 aliphatic heterocycles. The van der Waals surface area contributed by atoms with Crippen molar-refractivity contribution < 1.29 is 13.2 Å². The van der Waals surface area contributed by atoms with Gasteiger partial charge in [-0.2, -0.15) is 0 Å². The van der Waals surface area contributed by atoms with Gasteiger partial charge in [0.2, 0.25) is 0 Å². The minimum Gasteiger partial charge on any atom is -0.346 e. The molecule has 0 saturated heterocycles. The van der Waals surface area contributed by atoms with Gasteiger partial charge in [0, 0.05) is 11.6 Å². The van der Waals surface area contributed by atoms with Crippen LogP contribution in [-0.4, -0.2) is 20.4 Å². The number of fused-ring (bicyclic) bond motifs is 1. The Morgan fingerprint density at radius 3 is 2.47 bits per heavy atom. The third-order valence-electron chi connectivity index (χ3n) is 5.44. The number of carbonyl (C=O) groups excluding carboxylic acids is 1. The number of nitrogens with one attached hydrogen (secondary N) is 1. The van der Waals surface area contributed by atoms with Gasteiger partial charge in [0.05, 0.1) is 16.6 Å². The average Bonchev–Trinajstić information content (AvgIpc) is 3.10. The molecule has 4 rings (SSSR count). The van der Waals surface area contributed by atoms with Crippen LogP contribution in [0.5, 0.6) is 0 Å². The Labute approximate surface area is 177 Å². The van der Waals surface area contributed by atoms with Gasteiger partial charge in [-0.15, -0.1) is 0 Å². The number of hydrogen-bond acceptors (Lipinski definition) is 3. The lowest BCUT2D eigenvalue weighted by Gasteiger charge is -2.24. The monoisotopic (exact) mass is 420 g/mol. The number of carbonyl (C=O) groups is 1. The summed E-state index contributed by atoms with van der Waals surface area (Å²) in [6.45, 7) is 3.80. The first-order valence-electron chi connectivity index (χ1n) is 9.96. The topological polar surface area (TPSA) is 66.5 Å². The highest BCUT2D eigenvalue weighted by molar-refractivity contribution is 7.92. The predicted octanol–water partition coefficient (Wildman–Crippen LogP) is 4.32. The summed E-state index contributed by atoms with van der Waals surface area (Å²) in [6.07, 6.45) is 0.671. The molecule has 5 nitrogen and oxygen atoms in total. The molecule has 154 valence electrons. The van der Waals surface area contributed by atoms with Gasteiger partial charge >= 0.3 is 0 Å². The number of nitrogens with zero attached hydrogens (tertiary/aromatic N) is 1. The molecule has 0 bridgehead atoms. The molecule has 1 heterocycles. The standard InChI is InChI=1S/C24H24N2O3S/c1-17-15-20-11-6-7-14-23(20)26(17)30(28,29)22-13-8-12-21(16-22)24(27)25-18(2)19-9-4-3-5-10-19/h3-14,16-18H,15H2,1-2H3,(H,25,27). The fraction of sp³-hybridized carbons (Fsp3) is 0.208. The highest BCUT2D eigenvalue weighted by atomic mass is 32.2. The van der Waals surface area contributed by atoms with Gasteiger partial charge in [-0.25, -0.2) is 8.42 Å². The second kappa shape index (κ2) is 7.95. The lowest BCUT2D eigenvalue weighted by atomic mass is 10.1. The smallest absolute Gasteiger partial charge is 0.264 e. The maximum Gasteiger partial charge on any atom is 0.264 e. The highest BCUT2D eigenvalue weighted by Crippen LogP contribution is 2.36. The highest BCUT2D eigenvalue weighted by Gasteiger charge is 2.36. The van der Waals surface area contributed by atoms with Crippen LogP contribution >= 0.6 is 0 Å². The van der Waals surface area contributed by atoms with Gasteiger partial charge in [-0.1, -0.05) is 54.6 Å². The molecule has 0 radical (unpaired) electrons. The van der Waals surface area contributed by atoms with E-state index >= 15 is 0 Å². The van der Waals surface area contributed by atoms with Crippen molar-refractivity contribution in [1.82, 2.24) is 5.32 Å². The molecule has 0 spiro atoms. The van der Waals surface area contributed by atoms with Crippen LogP contribution in [0, 0.1) is 0 Å². The third kappa shape index (κ3) is 3.71. The molecule has 6 heteroatoms. The fourth-order valence-corrected chi connectivity index (χ4v) is 5.66. The SMILES string of the molecule is CC(NC(=O)c1cccc(S(=O)(=O)N2c3ccccc3CC2C)c1)c1ccccc1. The first-order valence-corrected chi connectivity index (χ1v) is 11.4. The number of hydrogen-bond donors (Lipinski definition) is 1. The van der Waals surface area contributed by atoms with E-state index in [1.165, 1.54) is 10.4 Å². The number of anilines is 1. The van der Waals surface area contributed by atoms with Crippen LogP contribution in [0.3, 0.4) is 0 Å². The second-order valence-electron chi connectivity index (χ2n) is 7.62. The van der Waals surface area contributed by atoms with Crippen LogP contribution < -0.4 is 9.62 Å². The van der Waals surface area contributed by atoms with Gasteiger partial charge in [0.15, 0.2) is 0 Å². The van der Waals surface area contributed by atoms with Crippen molar-refractivity contribution in [2.45, 2.75) is 37.2 Å². The van der Waals surface area contributed by atoms with Gasteiger partial charge in [-0.05, 0) is 55.7 Å². The molecule has 2 unspecified atom stereocenters. The Morgan fingerprint density at radius 2 is 1.70 bits per heavy atom. The van der Waals surface area contributed by atoms with Crippen LogP contribution in [0.1, 0.15) is 41.4 Å². The van der Waals surface area contributed by atoms with E-state index in [4.69, 9.17) is 0 Å². The molecule has 2 atom stereocenters. The third-order valence-corrected chi connectivity index (χ3v) is 7.37. The molecule has 3 aromatic rings. The first kappa shape index (κ1) is 20.2. The lowest BCUT2D eigenvalue weighted by Crippen LogP contribution is -2.36. The Balaban J connectivity index is 1.61. The lowest BCUT2D eigenvalue weighted by molar-refractivity contribution is 0.0939. The zero-order valence-electron chi connectivity index (χ0n) is 16.9. The van der Waals surface area contributed by atoms with Crippen molar-refractivity contribution in [3.05, 3.63) is 95.6 Å². The van der Waals surface area contributed by atoms with Crippen LogP contribution in [0.25, 0.3) is 0 Å². The van der Waals surface area contributed by atoms with E-state index in [-0.39, 0.29) is 22.9 Å². The number of benzene rings is 3. The second-order valence-corrected chi connectivity index (χ2v) is 9.43. The Kier molecular flexibility index (Phi) is 5.35. The van der Waals surface area contributed by atoms with Crippen molar-refractivity contribution in [3.8, 4) is 0 Å². The molecular formula is C24H24N2O3S. The molecule has 0 saturated carbocycles. The number of para-hydroxylation sites is 1. The fourth-order valence-electron chi connectivity index (χ4n) is 3.92. The van der Waals surface area contributed by atoms with Crippen LogP contribution in [-0.2, 0) is 16.4 Å². The quantitative estimate of drug-likeness (QED) is 0.669. The minimum atomic E-state index is -3.78. The summed E-state index contributed by atoms with van der Waals surface area (Å²) in [5.41, 5.74) is 3.02.